The van der Waals surface area contributed by atoms with Crippen molar-refractivity contribution in [2.75, 3.05) is 11.9 Å². The van der Waals surface area contributed by atoms with Crippen molar-refractivity contribution in [1.29, 1.82) is 0 Å². The van der Waals surface area contributed by atoms with Crippen LogP contribution in [0.3, 0.4) is 0 Å². The van der Waals surface area contributed by atoms with E-state index in [1.807, 2.05) is 18.2 Å². The summed E-state index contributed by atoms with van der Waals surface area (Å²) in [6, 6.07) is 12.6. The largest absolute Gasteiger partial charge is 0.451 e. The second kappa shape index (κ2) is 10.4. The number of carbonyl (C=O) groups excluding carboxylic acids is 3. The zero-order valence-electron chi connectivity index (χ0n) is 16.7. The molecule has 0 saturated carbocycles. The Morgan fingerprint density at radius 2 is 1.79 bits per heavy atom. The van der Waals surface area contributed by atoms with Gasteiger partial charge in [0.15, 0.2) is 6.10 Å². The van der Waals surface area contributed by atoms with Crippen LogP contribution in [0, 0.1) is 5.82 Å². The molecule has 0 fully saturated rings. The molecule has 0 aliphatic heterocycles. The Morgan fingerprint density at radius 3 is 2.48 bits per heavy atom. The number of benzene rings is 2. The third kappa shape index (κ3) is 6.41. The molecule has 2 aromatic carbocycles. The first-order chi connectivity index (χ1) is 13.8. The molecule has 0 saturated heterocycles. The Bertz CT molecular complexity index is 885. The van der Waals surface area contributed by atoms with Gasteiger partial charge in [0.05, 0.1) is 0 Å². The minimum Gasteiger partial charge on any atom is -0.451 e. The van der Waals surface area contributed by atoms with E-state index in [1.165, 1.54) is 25.1 Å². The number of halogens is 1. The van der Waals surface area contributed by atoms with Crippen molar-refractivity contribution >= 4 is 23.5 Å². The molecule has 0 aliphatic rings. The summed E-state index contributed by atoms with van der Waals surface area (Å²) in [6.45, 7) is 5.14. The van der Waals surface area contributed by atoms with E-state index in [0.717, 1.165) is 18.1 Å². The monoisotopic (exact) mass is 400 g/mol. The van der Waals surface area contributed by atoms with Crippen LogP contribution in [0.4, 0.5) is 10.1 Å². The number of ether oxygens (including phenoxy) is 1. The van der Waals surface area contributed by atoms with Gasteiger partial charge in [-0.05, 0) is 49.1 Å². The summed E-state index contributed by atoms with van der Waals surface area (Å²) in [5, 5.41) is 5.12. The van der Waals surface area contributed by atoms with E-state index < -0.39 is 36.2 Å². The molecule has 0 unspecified atom stereocenters. The van der Waals surface area contributed by atoms with E-state index in [4.69, 9.17) is 4.74 Å². The van der Waals surface area contributed by atoms with Gasteiger partial charge in [0.2, 0.25) is 0 Å². The summed E-state index contributed by atoms with van der Waals surface area (Å²) in [5.41, 5.74) is 1.77. The van der Waals surface area contributed by atoms with Crippen LogP contribution in [0.5, 0.6) is 0 Å². The predicted molar refractivity (Wildman–Crippen MR) is 108 cm³/mol. The molecule has 29 heavy (non-hydrogen) atoms. The van der Waals surface area contributed by atoms with Gasteiger partial charge in [0.1, 0.15) is 12.4 Å². The van der Waals surface area contributed by atoms with Crippen LogP contribution in [0.15, 0.2) is 48.5 Å². The second-order valence-corrected chi connectivity index (χ2v) is 6.71. The fourth-order valence-electron chi connectivity index (χ4n) is 2.67. The molecule has 0 spiro atoms. The molecule has 2 atom stereocenters. The van der Waals surface area contributed by atoms with E-state index in [9.17, 15) is 18.8 Å². The fraction of sp³-hybridized carbons (Fsp3) is 0.318. The van der Waals surface area contributed by atoms with Crippen LogP contribution in [0.1, 0.15) is 49.0 Å². The molecule has 7 heteroatoms. The molecule has 2 N–H and O–H groups in total. The number of esters is 1. The van der Waals surface area contributed by atoms with Gasteiger partial charge in [0, 0.05) is 11.3 Å². The molecule has 2 amide bonds. The minimum absolute atomic E-state index is 0.0882. The van der Waals surface area contributed by atoms with Crippen LogP contribution < -0.4 is 10.6 Å². The highest BCUT2D eigenvalue weighted by Crippen LogP contribution is 2.26. The molecule has 0 radical (unpaired) electrons. The van der Waals surface area contributed by atoms with Crippen molar-refractivity contribution in [3.63, 3.8) is 0 Å². The quantitative estimate of drug-likeness (QED) is 0.663. The van der Waals surface area contributed by atoms with Crippen LogP contribution >= 0.6 is 0 Å². The van der Waals surface area contributed by atoms with Gasteiger partial charge < -0.3 is 15.4 Å². The zero-order chi connectivity index (χ0) is 21.4. The Hall–Kier alpha value is -3.22. The highest BCUT2D eigenvalue weighted by atomic mass is 19.1. The van der Waals surface area contributed by atoms with Gasteiger partial charge in [0.25, 0.3) is 11.8 Å². The Morgan fingerprint density at radius 1 is 1.07 bits per heavy atom. The zero-order valence-corrected chi connectivity index (χ0v) is 16.7. The maximum atomic E-state index is 13.2. The number of nitrogens with one attached hydrogen (secondary N) is 2. The van der Waals surface area contributed by atoms with Crippen LogP contribution in [0.2, 0.25) is 0 Å². The number of amides is 2. The normalized spacial score (nSPS) is 12.6. The lowest BCUT2D eigenvalue weighted by Crippen LogP contribution is -2.36. The smallest absolute Gasteiger partial charge is 0.326 e. The molecule has 0 aromatic heterocycles. The van der Waals surface area contributed by atoms with Crippen molar-refractivity contribution < 1.29 is 23.5 Å². The minimum atomic E-state index is -1.04. The van der Waals surface area contributed by atoms with E-state index in [1.54, 1.807) is 6.07 Å². The summed E-state index contributed by atoms with van der Waals surface area (Å²) in [4.78, 5) is 36.3. The number of carbonyl (C=O) groups is 3. The van der Waals surface area contributed by atoms with Crippen LogP contribution in [0.25, 0.3) is 0 Å². The van der Waals surface area contributed by atoms with Crippen molar-refractivity contribution in [1.82, 2.24) is 5.32 Å². The Balaban J connectivity index is 1.88. The van der Waals surface area contributed by atoms with Gasteiger partial charge in [-0.15, -0.1) is 0 Å². The average Bonchev–Trinajstić information content (AvgIpc) is 2.71. The lowest BCUT2D eigenvalue weighted by molar-refractivity contribution is -0.152. The van der Waals surface area contributed by atoms with Crippen molar-refractivity contribution in [2.24, 2.45) is 0 Å². The molecule has 2 aromatic rings. The summed E-state index contributed by atoms with van der Waals surface area (Å²) in [6.07, 6.45) is -0.124. The number of para-hydroxylation sites is 1. The van der Waals surface area contributed by atoms with Gasteiger partial charge >= 0.3 is 5.97 Å². The molecular weight excluding hydrogens is 375 g/mol. The summed E-state index contributed by atoms with van der Waals surface area (Å²) < 4.78 is 18.2. The maximum Gasteiger partial charge on any atom is 0.326 e. The van der Waals surface area contributed by atoms with Gasteiger partial charge in [-0.1, -0.05) is 38.1 Å². The van der Waals surface area contributed by atoms with E-state index in [2.05, 4.69) is 24.5 Å². The molecule has 154 valence electrons. The number of rotatable bonds is 8. The highest BCUT2D eigenvalue weighted by Gasteiger charge is 2.20. The molecule has 0 aliphatic carbocycles. The van der Waals surface area contributed by atoms with Gasteiger partial charge in [-0.2, -0.15) is 0 Å². The number of anilines is 1. The average molecular weight is 400 g/mol. The molecule has 0 heterocycles. The first-order valence-corrected chi connectivity index (χ1v) is 9.44. The van der Waals surface area contributed by atoms with Gasteiger partial charge in [-0.3, -0.25) is 14.4 Å². The number of hydrogen-bond acceptors (Lipinski definition) is 4. The van der Waals surface area contributed by atoms with Crippen LogP contribution in [-0.4, -0.2) is 30.4 Å². The first-order valence-electron chi connectivity index (χ1n) is 9.44. The lowest BCUT2D eigenvalue weighted by atomic mass is 9.97. The first kappa shape index (κ1) is 22.1. The second-order valence-electron chi connectivity index (χ2n) is 6.71. The van der Waals surface area contributed by atoms with Crippen molar-refractivity contribution in [3.8, 4) is 0 Å². The molecular formula is C22H25FN2O4. The summed E-state index contributed by atoms with van der Waals surface area (Å²) in [7, 11) is 0. The SMILES string of the molecule is CC[C@@H](C)c1ccccc1NC(=O)[C@H](C)OC(=O)CNC(=O)c1cccc(F)c1. The lowest BCUT2D eigenvalue weighted by Gasteiger charge is -2.18. The fourth-order valence-corrected chi connectivity index (χ4v) is 2.67. The molecule has 6 nitrogen and oxygen atoms in total. The van der Waals surface area contributed by atoms with Crippen molar-refractivity contribution in [3.05, 3.63) is 65.5 Å². The maximum absolute atomic E-state index is 13.2. The molecule has 0 bridgehead atoms. The van der Waals surface area contributed by atoms with Crippen LogP contribution in [-0.2, 0) is 14.3 Å². The van der Waals surface area contributed by atoms with E-state index in [-0.39, 0.29) is 11.5 Å². The highest BCUT2D eigenvalue weighted by molar-refractivity contribution is 5.97. The number of hydrogen-bond donors (Lipinski definition) is 2. The van der Waals surface area contributed by atoms with Gasteiger partial charge in [-0.25, -0.2) is 4.39 Å². The third-order valence-corrected chi connectivity index (χ3v) is 4.52. The van der Waals surface area contributed by atoms with Crippen molar-refractivity contribution in [2.45, 2.75) is 39.2 Å². The standard InChI is InChI=1S/C22H25FN2O4/c1-4-14(2)18-10-5-6-11-19(18)25-21(27)15(3)29-20(26)13-24-22(28)16-8-7-9-17(23)12-16/h5-12,14-15H,4,13H2,1-3H3,(H,24,28)(H,25,27)/t14-,15+/m1/s1. The van der Waals surface area contributed by atoms with E-state index >= 15 is 0 Å². The Kier molecular flexibility index (Phi) is 7.88. The molecule has 2 rings (SSSR count). The summed E-state index contributed by atoms with van der Waals surface area (Å²) >= 11 is 0. The predicted octanol–water partition coefficient (Wildman–Crippen LogP) is 3.64. The summed E-state index contributed by atoms with van der Waals surface area (Å²) in [5.74, 6) is -2.13. The third-order valence-electron chi connectivity index (χ3n) is 4.52. The van der Waals surface area contributed by atoms with E-state index in [0.29, 0.717) is 5.69 Å². The Labute approximate surface area is 169 Å². The topological polar surface area (TPSA) is 84.5 Å².